The van der Waals surface area contributed by atoms with Gasteiger partial charge in [0.15, 0.2) is 0 Å². The van der Waals surface area contributed by atoms with Crippen LogP contribution in [0.3, 0.4) is 0 Å². The Morgan fingerprint density at radius 1 is 1.55 bits per heavy atom. The molecule has 1 unspecified atom stereocenters. The molecule has 1 heterocycles. The third-order valence-corrected chi connectivity index (χ3v) is 1.45. The first-order valence-electron chi connectivity index (χ1n) is 3.36. The first kappa shape index (κ1) is 8.10. The standard InChI is InChI=1S/C7H11N3O/c1-11-7(2-8)6-3-9-5-10-4-6/h3-5,7H,2,8H2,1H3. The van der Waals surface area contributed by atoms with Gasteiger partial charge in [0.2, 0.25) is 0 Å². The predicted octanol–water partition coefficient (Wildman–Crippen LogP) is 0.123. The van der Waals surface area contributed by atoms with Crippen molar-refractivity contribution < 1.29 is 4.74 Å². The summed E-state index contributed by atoms with van der Waals surface area (Å²) < 4.78 is 5.08. The van der Waals surface area contributed by atoms with E-state index in [1.165, 1.54) is 6.33 Å². The summed E-state index contributed by atoms with van der Waals surface area (Å²) in [6, 6.07) is 0. The van der Waals surface area contributed by atoms with E-state index in [0.29, 0.717) is 6.54 Å². The average Bonchev–Trinajstić information content (AvgIpc) is 2.09. The van der Waals surface area contributed by atoms with Crippen molar-refractivity contribution in [2.24, 2.45) is 5.73 Å². The maximum Gasteiger partial charge on any atom is 0.115 e. The zero-order valence-corrected chi connectivity index (χ0v) is 6.40. The van der Waals surface area contributed by atoms with Gasteiger partial charge in [0.25, 0.3) is 0 Å². The molecule has 1 atom stereocenters. The number of rotatable bonds is 3. The van der Waals surface area contributed by atoms with Gasteiger partial charge in [0, 0.05) is 31.6 Å². The van der Waals surface area contributed by atoms with Crippen LogP contribution < -0.4 is 5.73 Å². The second-order valence-corrected chi connectivity index (χ2v) is 2.13. The molecule has 0 aliphatic carbocycles. The first-order valence-corrected chi connectivity index (χ1v) is 3.36. The molecule has 0 saturated carbocycles. The van der Waals surface area contributed by atoms with Crippen molar-refractivity contribution >= 4 is 0 Å². The normalized spacial score (nSPS) is 12.9. The van der Waals surface area contributed by atoms with Gasteiger partial charge in [0.05, 0.1) is 6.10 Å². The highest BCUT2D eigenvalue weighted by atomic mass is 16.5. The van der Waals surface area contributed by atoms with Crippen molar-refractivity contribution in [1.82, 2.24) is 9.97 Å². The number of ether oxygens (including phenoxy) is 1. The molecule has 0 fully saturated rings. The molecular formula is C7H11N3O. The fourth-order valence-electron chi connectivity index (χ4n) is 0.845. The largest absolute Gasteiger partial charge is 0.375 e. The number of nitrogens with two attached hydrogens (primary N) is 1. The van der Waals surface area contributed by atoms with Crippen LogP contribution in [0.25, 0.3) is 0 Å². The molecule has 0 saturated heterocycles. The van der Waals surface area contributed by atoms with E-state index in [4.69, 9.17) is 10.5 Å². The monoisotopic (exact) mass is 153 g/mol. The second kappa shape index (κ2) is 4.00. The zero-order valence-electron chi connectivity index (χ0n) is 6.40. The molecular weight excluding hydrogens is 142 g/mol. The van der Waals surface area contributed by atoms with Gasteiger partial charge in [-0.1, -0.05) is 0 Å². The van der Waals surface area contributed by atoms with Crippen molar-refractivity contribution in [2.75, 3.05) is 13.7 Å². The summed E-state index contributed by atoms with van der Waals surface area (Å²) in [6.07, 6.45) is 4.80. The summed E-state index contributed by atoms with van der Waals surface area (Å²) >= 11 is 0. The molecule has 2 N–H and O–H groups in total. The predicted molar refractivity (Wildman–Crippen MR) is 40.8 cm³/mol. The van der Waals surface area contributed by atoms with Gasteiger partial charge in [0.1, 0.15) is 6.33 Å². The summed E-state index contributed by atoms with van der Waals surface area (Å²) in [7, 11) is 1.62. The average molecular weight is 153 g/mol. The molecule has 11 heavy (non-hydrogen) atoms. The lowest BCUT2D eigenvalue weighted by molar-refractivity contribution is 0.110. The molecule has 0 spiro atoms. The van der Waals surface area contributed by atoms with Crippen LogP contribution in [0, 0.1) is 0 Å². The Labute approximate surface area is 65.4 Å². The summed E-state index contributed by atoms with van der Waals surface area (Å²) in [5.74, 6) is 0. The van der Waals surface area contributed by atoms with Gasteiger partial charge in [-0.15, -0.1) is 0 Å². The molecule has 1 rings (SSSR count). The van der Waals surface area contributed by atoms with Gasteiger partial charge >= 0.3 is 0 Å². The Morgan fingerprint density at radius 2 is 2.18 bits per heavy atom. The highest BCUT2D eigenvalue weighted by molar-refractivity contribution is 5.07. The minimum atomic E-state index is -0.0869. The van der Waals surface area contributed by atoms with Crippen LogP contribution in [0.15, 0.2) is 18.7 Å². The van der Waals surface area contributed by atoms with Crippen LogP contribution in [-0.4, -0.2) is 23.6 Å². The van der Waals surface area contributed by atoms with Crippen molar-refractivity contribution in [3.8, 4) is 0 Å². The van der Waals surface area contributed by atoms with Crippen molar-refractivity contribution in [1.29, 1.82) is 0 Å². The summed E-state index contributed by atoms with van der Waals surface area (Å²) in [5.41, 5.74) is 6.35. The molecule has 4 heteroatoms. The summed E-state index contributed by atoms with van der Waals surface area (Å²) in [6.45, 7) is 0.448. The Bertz CT molecular complexity index is 198. The number of nitrogens with zero attached hydrogens (tertiary/aromatic N) is 2. The highest BCUT2D eigenvalue weighted by Gasteiger charge is 2.06. The third-order valence-electron chi connectivity index (χ3n) is 1.45. The SMILES string of the molecule is COC(CN)c1cncnc1. The zero-order chi connectivity index (χ0) is 8.10. The lowest BCUT2D eigenvalue weighted by Crippen LogP contribution is -2.14. The number of methoxy groups -OCH3 is 1. The fraction of sp³-hybridized carbons (Fsp3) is 0.429. The van der Waals surface area contributed by atoms with E-state index in [9.17, 15) is 0 Å². The van der Waals surface area contributed by atoms with Crippen LogP contribution in [0.5, 0.6) is 0 Å². The molecule has 0 radical (unpaired) electrons. The molecule has 1 aromatic rings. The summed E-state index contributed by atoms with van der Waals surface area (Å²) in [5, 5.41) is 0. The smallest absolute Gasteiger partial charge is 0.115 e. The molecule has 0 amide bonds. The van der Waals surface area contributed by atoms with Crippen LogP contribution in [0.1, 0.15) is 11.7 Å². The molecule has 0 aromatic carbocycles. The Hall–Kier alpha value is -1.00. The van der Waals surface area contributed by atoms with E-state index in [0.717, 1.165) is 5.56 Å². The van der Waals surface area contributed by atoms with Gasteiger partial charge in [-0.05, 0) is 0 Å². The van der Waals surface area contributed by atoms with Gasteiger partial charge in [-0.2, -0.15) is 0 Å². The van der Waals surface area contributed by atoms with Crippen LogP contribution in [-0.2, 0) is 4.74 Å². The molecule has 4 nitrogen and oxygen atoms in total. The lowest BCUT2D eigenvalue weighted by atomic mass is 10.2. The van der Waals surface area contributed by atoms with Crippen molar-refractivity contribution in [2.45, 2.75) is 6.10 Å². The maximum atomic E-state index is 5.43. The number of hydrogen-bond donors (Lipinski definition) is 1. The molecule has 0 bridgehead atoms. The minimum Gasteiger partial charge on any atom is -0.375 e. The topological polar surface area (TPSA) is 61.0 Å². The van der Waals surface area contributed by atoms with Crippen LogP contribution in [0.4, 0.5) is 0 Å². The number of aromatic nitrogens is 2. The van der Waals surface area contributed by atoms with E-state index < -0.39 is 0 Å². The quantitative estimate of drug-likeness (QED) is 0.670. The third kappa shape index (κ3) is 1.96. The maximum absolute atomic E-state index is 5.43. The Balaban J connectivity index is 2.74. The van der Waals surface area contributed by atoms with Crippen molar-refractivity contribution in [3.05, 3.63) is 24.3 Å². The van der Waals surface area contributed by atoms with Gasteiger partial charge in [-0.3, -0.25) is 0 Å². The molecule has 1 aromatic heterocycles. The molecule has 0 aliphatic rings. The van der Waals surface area contributed by atoms with Crippen LogP contribution >= 0.6 is 0 Å². The highest BCUT2D eigenvalue weighted by Crippen LogP contribution is 2.11. The second-order valence-electron chi connectivity index (χ2n) is 2.13. The fourth-order valence-corrected chi connectivity index (χ4v) is 0.845. The summed E-state index contributed by atoms with van der Waals surface area (Å²) in [4.78, 5) is 7.71. The number of hydrogen-bond acceptors (Lipinski definition) is 4. The molecule has 60 valence electrons. The van der Waals surface area contributed by atoms with Crippen LogP contribution in [0.2, 0.25) is 0 Å². The Morgan fingerprint density at radius 3 is 2.64 bits per heavy atom. The van der Waals surface area contributed by atoms with E-state index in [-0.39, 0.29) is 6.10 Å². The lowest BCUT2D eigenvalue weighted by Gasteiger charge is -2.10. The van der Waals surface area contributed by atoms with E-state index in [1.807, 2.05) is 0 Å². The van der Waals surface area contributed by atoms with E-state index >= 15 is 0 Å². The van der Waals surface area contributed by atoms with Gasteiger partial charge in [-0.25, -0.2) is 9.97 Å². The molecule has 0 aliphatic heterocycles. The van der Waals surface area contributed by atoms with Gasteiger partial charge < -0.3 is 10.5 Å². The van der Waals surface area contributed by atoms with E-state index in [1.54, 1.807) is 19.5 Å². The minimum absolute atomic E-state index is 0.0869. The Kier molecular flexibility index (Phi) is 2.95. The first-order chi connectivity index (χ1) is 5.38. The van der Waals surface area contributed by atoms with E-state index in [2.05, 4.69) is 9.97 Å². The van der Waals surface area contributed by atoms with Crippen molar-refractivity contribution in [3.63, 3.8) is 0 Å².